The zero-order valence-electron chi connectivity index (χ0n) is 16.0. The summed E-state index contributed by atoms with van der Waals surface area (Å²) in [6, 6.07) is 2.37. The van der Waals surface area contributed by atoms with E-state index < -0.39 is 5.91 Å². The third-order valence-corrected chi connectivity index (χ3v) is 6.24. The van der Waals surface area contributed by atoms with Crippen molar-refractivity contribution in [3.05, 3.63) is 35.9 Å². The molecule has 0 saturated carbocycles. The van der Waals surface area contributed by atoms with Crippen LogP contribution < -0.4 is 11.1 Å². The lowest BCUT2D eigenvalue weighted by atomic mass is 9.97. The second-order valence-electron chi connectivity index (χ2n) is 7.36. The van der Waals surface area contributed by atoms with Crippen LogP contribution in [0.2, 0.25) is 0 Å². The van der Waals surface area contributed by atoms with Crippen molar-refractivity contribution in [1.82, 2.24) is 19.5 Å². The predicted octanol–water partition coefficient (Wildman–Crippen LogP) is 2.14. The fourth-order valence-electron chi connectivity index (χ4n) is 3.28. The van der Waals surface area contributed by atoms with Crippen LogP contribution in [0.15, 0.2) is 24.7 Å². The quantitative estimate of drug-likeness (QED) is 0.685. The first-order valence-corrected chi connectivity index (χ1v) is 9.94. The molecule has 3 aromatic rings. The van der Waals surface area contributed by atoms with Crippen LogP contribution in [0.25, 0.3) is 15.3 Å². The molecule has 146 valence electrons. The molecule has 3 aromatic heterocycles. The van der Waals surface area contributed by atoms with Crippen LogP contribution in [0.3, 0.4) is 0 Å². The first kappa shape index (κ1) is 18.6. The van der Waals surface area contributed by atoms with Crippen LogP contribution >= 0.6 is 11.3 Å². The Morgan fingerprint density at radius 2 is 2.07 bits per heavy atom. The number of aromatic nitrogens is 3. The number of hydrogen-bond acceptors (Lipinski definition) is 6. The summed E-state index contributed by atoms with van der Waals surface area (Å²) in [4.78, 5) is 32.3. The number of nitrogens with one attached hydrogen (secondary N) is 1. The number of rotatable bonds is 5. The molecular weight excluding hydrogens is 376 g/mol. The van der Waals surface area contributed by atoms with Gasteiger partial charge in [0.15, 0.2) is 0 Å². The highest BCUT2D eigenvalue weighted by molar-refractivity contribution is 7.21. The monoisotopic (exact) mass is 398 g/mol. The number of nitrogens with two attached hydrogens (primary N) is 1. The first-order chi connectivity index (χ1) is 13.3. The molecule has 28 heavy (non-hydrogen) atoms. The summed E-state index contributed by atoms with van der Waals surface area (Å²) >= 11 is 1.42. The summed E-state index contributed by atoms with van der Waals surface area (Å²) in [7, 11) is 0. The number of fused-ring (bicyclic) bond motifs is 1. The lowest BCUT2D eigenvalue weighted by Gasteiger charge is -2.41. The van der Waals surface area contributed by atoms with Gasteiger partial charge in [-0.05, 0) is 26.8 Å². The number of carbonyl (C=O) groups is 2. The highest BCUT2D eigenvalue weighted by Gasteiger charge is 2.33. The second-order valence-corrected chi connectivity index (χ2v) is 8.39. The average molecular weight is 398 g/mol. The van der Waals surface area contributed by atoms with Crippen molar-refractivity contribution < 1.29 is 9.59 Å². The normalized spacial score (nSPS) is 15.1. The smallest absolute Gasteiger partial charge is 0.253 e. The largest absolute Gasteiger partial charge is 0.365 e. The summed E-state index contributed by atoms with van der Waals surface area (Å²) in [5.41, 5.74) is 8.19. The molecule has 0 spiro atoms. The van der Waals surface area contributed by atoms with Crippen LogP contribution in [0.5, 0.6) is 0 Å². The molecule has 1 fully saturated rings. The lowest BCUT2D eigenvalue weighted by Crippen LogP contribution is -2.54. The van der Waals surface area contributed by atoms with E-state index in [4.69, 9.17) is 5.73 Å². The Morgan fingerprint density at radius 1 is 1.32 bits per heavy atom. The Labute approximate surface area is 166 Å². The third kappa shape index (κ3) is 3.27. The van der Waals surface area contributed by atoms with Crippen LogP contribution in [-0.4, -0.2) is 50.4 Å². The average Bonchev–Trinajstić information content (AvgIpc) is 3.14. The van der Waals surface area contributed by atoms with Crippen LogP contribution in [0.4, 0.5) is 5.69 Å². The molecular formula is C19H22N6O2S. The van der Waals surface area contributed by atoms with E-state index >= 15 is 0 Å². The summed E-state index contributed by atoms with van der Waals surface area (Å²) < 4.78 is 1.64. The van der Waals surface area contributed by atoms with E-state index in [9.17, 15) is 9.59 Å². The number of carbonyl (C=O) groups excluding carboxylic acids is 2. The molecule has 0 radical (unpaired) electrons. The molecule has 0 aliphatic carbocycles. The Kier molecular flexibility index (Phi) is 4.64. The Bertz CT molecular complexity index is 1060. The molecule has 0 bridgehead atoms. The number of anilines is 1. The van der Waals surface area contributed by atoms with E-state index in [-0.39, 0.29) is 11.8 Å². The van der Waals surface area contributed by atoms with Gasteiger partial charge in [-0.15, -0.1) is 11.3 Å². The molecule has 8 nitrogen and oxygen atoms in total. The minimum atomic E-state index is -0.504. The first-order valence-electron chi connectivity index (χ1n) is 9.12. The summed E-state index contributed by atoms with van der Waals surface area (Å²) in [5, 5.41) is 7.16. The maximum Gasteiger partial charge on any atom is 0.253 e. The fourth-order valence-corrected chi connectivity index (χ4v) is 4.41. The van der Waals surface area contributed by atoms with Gasteiger partial charge in [-0.3, -0.25) is 19.5 Å². The van der Waals surface area contributed by atoms with Crippen LogP contribution in [-0.2, 0) is 4.79 Å². The summed E-state index contributed by atoms with van der Waals surface area (Å²) in [5.74, 6) is -0.476. The van der Waals surface area contributed by atoms with Crippen molar-refractivity contribution in [3.8, 4) is 10.4 Å². The molecule has 2 amide bonds. The van der Waals surface area contributed by atoms with Gasteiger partial charge < -0.3 is 11.1 Å². The van der Waals surface area contributed by atoms with E-state index in [0.717, 1.165) is 29.2 Å². The zero-order valence-corrected chi connectivity index (χ0v) is 16.8. The fraction of sp³-hybridized carbons (Fsp3) is 0.368. The Balaban J connectivity index is 1.56. The van der Waals surface area contributed by atoms with E-state index in [0.29, 0.717) is 22.1 Å². The molecule has 1 aliphatic rings. The number of nitrogens with zero attached hydrogens (tertiary/aromatic N) is 4. The van der Waals surface area contributed by atoms with Gasteiger partial charge in [0.25, 0.3) is 5.91 Å². The van der Waals surface area contributed by atoms with E-state index in [1.165, 1.54) is 17.5 Å². The maximum atomic E-state index is 12.5. The zero-order chi connectivity index (χ0) is 20.0. The van der Waals surface area contributed by atoms with Crippen molar-refractivity contribution in [2.24, 2.45) is 11.7 Å². The summed E-state index contributed by atoms with van der Waals surface area (Å²) in [6.45, 7) is 7.74. The van der Waals surface area contributed by atoms with E-state index in [1.807, 2.05) is 19.2 Å². The summed E-state index contributed by atoms with van der Waals surface area (Å²) in [6.07, 6.45) is 4.98. The minimum absolute atomic E-state index is 0.00955. The Hall–Kier alpha value is -2.78. The molecule has 4 rings (SSSR count). The number of primary amides is 1. The van der Waals surface area contributed by atoms with Crippen molar-refractivity contribution in [1.29, 1.82) is 0 Å². The van der Waals surface area contributed by atoms with Gasteiger partial charge in [-0.1, -0.05) is 0 Å². The lowest BCUT2D eigenvalue weighted by molar-refractivity contribution is -0.125. The van der Waals surface area contributed by atoms with Gasteiger partial charge in [-0.2, -0.15) is 5.10 Å². The number of aryl methyl sites for hydroxylation is 1. The van der Waals surface area contributed by atoms with Crippen molar-refractivity contribution in [2.45, 2.75) is 26.8 Å². The predicted molar refractivity (Wildman–Crippen MR) is 108 cm³/mol. The Morgan fingerprint density at radius 3 is 2.75 bits per heavy atom. The molecule has 1 saturated heterocycles. The highest BCUT2D eigenvalue weighted by Crippen LogP contribution is 2.33. The third-order valence-electron chi connectivity index (χ3n) is 5.09. The van der Waals surface area contributed by atoms with E-state index in [1.54, 1.807) is 10.7 Å². The van der Waals surface area contributed by atoms with Gasteiger partial charge in [0, 0.05) is 36.6 Å². The maximum absolute atomic E-state index is 12.5. The minimum Gasteiger partial charge on any atom is -0.365 e. The van der Waals surface area contributed by atoms with Crippen molar-refractivity contribution >= 4 is 33.7 Å². The van der Waals surface area contributed by atoms with Crippen molar-refractivity contribution in [3.63, 3.8) is 0 Å². The number of thiazole rings is 1. The van der Waals surface area contributed by atoms with Gasteiger partial charge in [0.1, 0.15) is 4.83 Å². The van der Waals surface area contributed by atoms with Crippen LogP contribution in [0, 0.1) is 12.8 Å². The second kappa shape index (κ2) is 6.99. The van der Waals surface area contributed by atoms with Crippen molar-refractivity contribution in [2.75, 3.05) is 18.4 Å². The molecule has 1 aliphatic heterocycles. The molecule has 0 aromatic carbocycles. The molecule has 0 unspecified atom stereocenters. The highest BCUT2D eigenvalue weighted by atomic mass is 32.1. The molecule has 9 heteroatoms. The number of hydrogen-bond donors (Lipinski definition) is 2. The molecule has 0 atom stereocenters. The standard InChI is InChI=1S/C19H22N6O2S/c1-10(2)24-7-12(8-24)18(27)23-13-4-14(11(3)21-5-13)16-9-25-19(28-16)15(6-22-25)17(20)26/h4-6,9-10,12H,7-8H2,1-3H3,(H2,20,26)(H,23,27). The van der Waals surface area contributed by atoms with E-state index in [2.05, 4.69) is 34.1 Å². The number of pyridine rings is 1. The van der Waals surface area contributed by atoms with Gasteiger partial charge in [-0.25, -0.2) is 4.52 Å². The molecule has 3 N–H and O–H groups in total. The topological polar surface area (TPSA) is 106 Å². The van der Waals surface area contributed by atoms with Crippen LogP contribution in [0.1, 0.15) is 29.9 Å². The number of amides is 2. The number of likely N-dealkylation sites (tertiary alicyclic amines) is 1. The van der Waals surface area contributed by atoms with Gasteiger partial charge in [0.05, 0.1) is 34.4 Å². The SMILES string of the molecule is Cc1ncc(NC(=O)C2CN(C(C)C)C2)cc1-c1cn2ncc(C(N)=O)c2s1. The van der Waals surface area contributed by atoms with Gasteiger partial charge in [0.2, 0.25) is 5.91 Å². The molecule has 4 heterocycles. The van der Waals surface area contributed by atoms with Gasteiger partial charge >= 0.3 is 0 Å².